The number of fused-ring (bicyclic) bond motifs is 1. The zero-order valence-corrected chi connectivity index (χ0v) is 12.0. The van der Waals surface area contributed by atoms with E-state index in [4.69, 9.17) is 0 Å². The number of aryl methyl sites for hydroxylation is 1. The van der Waals surface area contributed by atoms with E-state index in [1.165, 1.54) is 16.6 Å². The van der Waals surface area contributed by atoms with Gasteiger partial charge in [-0.25, -0.2) is 0 Å². The van der Waals surface area contributed by atoms with Crippen LogP contribution in [-0.4, -0.2) is 24.1 Å². The van der Waals surface area contributed by atoms with Crippen molar-refractivity contribution in [1.82, 2.24) is 10.3 Å². The monoisotopic (exact) mass is 257 g/mol. The fourth-order valence-corrected chi connectivity index (χ4v) is 2.11. The summed E-state index contributed by atoms with van der Waals surface area (Å²) in [4.78, 5) is 4.42. The average Bonchev–Trinajstić information content (AvgIpc) is 2.37. The zero-order valence-electron chi connectivity index (χ0n) is 12.0. The van der Waals surface area contributed by atoms with Crippen molar-refractivity contribution in [2.75, 3.05) is 18.4 Å². The first-order valence-electron chi connectivity index (χ1n) is 6.99. The third-order valence-electron chi connectivity index (χ3n) is 3.12. The predicted molar refractivity (Wildman–Crippen MR) is 82.7 cm³/mol. The fourth-order valence-electron chi connectivity index (χ4n) is 2.11. The summed E-state index contributed by atoms with van der Waals surface area (Å²) in [5, 5.41) is 8.12. The Balaban J connectivity index is 1.97. The predicted octanol–water partition coefficient (Wildman–Crippen LogP) is 3.34. The molecule has 0 aliphatic heterocycles. The molecule has 1 heterocycles. The summed E-state index contributed by atoms with van der Waals surface area (Å²) in [6.45, 7) is 8.47. The molecule has 2 N–H and O–H groups in total. The minimum absolute atomic E-state index is 0.560. The smallest absolute Gasteiger partial charge is 0.0725 e. The van der Waals surface area contributed by atoms with Crippen LogP contribution in [-0.2, 0) is 0 Å². The summed E-state index contributed by atoms with van der Waals surface area (Å²) in [6, 6.07) is 9.01. The molecular weight excluding hydrogens is 234 g/mol. The molecule has 0 radical (unpaired) electrons. The molecule has 0 spiro atoms. The maximum absolute atomic E-state index is 4.42. The van der Waals surface area contributed by atoms with Crippen molar-refractivity contribution in [2.24, 2.45) is 0 Å². The molecule has 102 valence electrons. The molecule has 2 aromatic rings. The second-order valence-corrected chi connectivity index (χ2v) is 5.27. The molecule has 0 bridgehead atoms. The van der Waals surface area contributed by atoms with E-state index in [-0.39, 0.29) is 0 Å². The van der Waals surface area contributed by atoms with Gasteiger partial charge >= 0.3 is 0 Å². The second-order valence-electron chi connectivity index (χ2n) is 5.27. The number of hydrogen-bond donors (Lipinski definition) is 2. The van der Waals surface area contributed by atoms with Crippen LogP contribution in [0.4, 0.5) is 5.69 Å². The normalized spacial score (nSPS) is 11.2. The third kappa shape index (κ3) is 3.93. The van der Waals surface area contributed by atoms with Crippen LogP contribution in [0.25, 0.3) is 10.9 Å². The SMILES string of the molecule is Cc1ccc2c(NCCCNC(C)C)ccnc2c1. The summed E-state index contributed by atoms with van der Waals surface area (Å²) < 4.78 is 0. The van der Waals surface area contributed by atoms with Gasteiger partial charge in [0.05, 0.1) is 5.52 Å². The van der Waals surface area contributed by atoms with Crippen molar-refractivity contribution < 1.29 is 0 Å². The van der Waals surface area contributed by atoms with Gasteiger partial charge in [0, 0.05) is 29.9 Å². The molecule has 0 saturated carbocycles. The number of hydrogen-bond acceptors (Lipinski definition) is 3. The quantitative estimate of drug-likeness (QED) is 0.779. The molecule has 0 aliphatic rings. The molecule has 0 amide bonds. The van der Waals surface area contributed by atoms with Gasteiger partial charge in [0.15, 0.2) is 0 Å². The van der Waals surface area contributed by atoms with Crippen LogP contribution in [0.15, 0.2) is 30.5 Å². The lowest BCUT2D eigenvalue weighted by Crippen LogP contribution is -2.25. The number of rotatable bonds is 6. The summed E-state index contributed by atoms with van der Waals surface area (Å²) in [5.41, 5.74) is 3.48. The zero-order chi connectivity index (χ0) is 13.7. The van der Waals surface area contributed by atoms with E-state index >= 15 is 0 Å². The van der Waals surface area contributed by atoms with Crippen LogP contribution < -0.4 is 10.6 Å². The van der Waals surface area contributed by atoms with Gasteiger partial charge in [-0.15, -0.1) is 0 Å². The third-order valence-corrected chi connectivity index (χ3v) is 3.12. The van der Waals surface area contributed by atoms with Crippen molar-refractivity contribution in [1.29, 1.82) is 0 Å². The Kier molecular flexibility index (Phi) is 4.74. The Bertz CT molecular complexity index is 535. The Labute approximate surface area is 115 Å². The summed E-state index contributed by atoms with van der Waals surface area (Å²) in [5.74, 6) is 0. The lowest BCUT2D eigenvalue weighted by Gasteiger charge is -2.11. The number of nitrogens with one attached hydrogen (secondary N) is 2. The van der Waals surface area contributed by atoms with Crippen LogP contribution >= 0.6 is 0 Å². The lowest BCUT2D eigenvalue weighted by atomic mass is 10.1. The van der Waals surface area contributed by atoms with Gasteiger partial charge in [-0.2, -0.15) is 0 Å². The van der Waals surface area contributed by atoms with E-state index in [1.807, 2.05) is 12.3 Å². The van der Waals surface area contributed by atoms with Gasteiger partial charge in [0.2, 0.25) is 0 Å². The number of benzene rings is 1. The maximum atomic E-state index is 4.42. The molecule has 0 fully saturated rings. The highest BCUT2D eigenvalue weighted by molar-refractivity contribution is 5.91. The first-order chi connectivity index (χ1) is 9.16. The molecule has 3 nitrogen and oxygen atoms in total. The van der Waals surface area contributed by atoms with Crippen molar-refractivity contribution >= 4 is 16.6 Å². The molecule has 19 heavy (non-hydrogen) atoms. The highest BCUT2D eigenvalue weighted by atomic mass is 14.9. The van der Waals surface area contributed by atoms with E-state index in [0.717, 1.165) is 25.0 Å². The van der Waals surface area contributed by atoms with E-state index in [0.29, 0.717) is 6.04 Å². The van der Waals surface area contributed by atoms with Gasteiger partial charge < -0.3 is 10.6 Å². The van der Waals surface area contributed by atoms with Gasteiger partial charge in [-0.1, -0.05) is 26.0 Å². The average molecular weight is 257 g/mol. The van der Waals surface area contributed by atoms with Crippen molar-refractivity contribution in [3.63, 3.8) is 0 Å². The fraction of sp³-hybridized carbons (Fsp3) is 0.438. The first-order valence-corrected chi connectivity index (χ1v) is 6.99. The number of anilines is 1. The Morgan fingerprint density at radius 1 is 1.16 bits per heavy atom. The highest BCUT2D eigenvalue weighted by Gasteiger charge is 2.01. The second kappa shape index (κ2) is 6.53. The summed E-state index contributed by atoms with van der Waals surface area (Å²) in [6.07, 6.45) is 2.99. The molecule has 0 saturated heterocycles. The highest BCUT2D eigenvalue weighted by Crippen LogP contribution is 2.22. The number of pyridine rings is 1. The molecular formula is C16H23N3. The van der Waals surface area contributed by atoms with Crippen molar-refractivity contribution in [2.45, 2.75) is 33.2 Å². The van der Waals surface area contributed by atoms with Gasteiger partial charge in [0.25, 0.3) is 0 Å². The minimum Gasteiger partial charge on any atom is -0.384 e. The Morgan fingerprint density at radius 2 is 2.00 bits per heavy atom. The Morgan fingerprint density at radius 3 is 2.79 bits per heavy atom. The lowest BCUT2D eigenvalue weighted by molar-refractivity contribution is 0.578. The summed E-state index contributed by atoms with van der Waals surface area (Å²) >= 11 is 0. The topological polar surface area (TPSA) is 37.0 Å². The van der Waals surface area contributed by atoms with Crippen LogP contribution in [0, 0.1) is 6.92 Å². The van der Waals surface area contributed by atoms with E-state index in [9.17, 15) is 0 Å². The van der Waals surface area contributed by atoms with Crippen LogP contribution in [0.5, 0.6) is 0 Å². The molecule has 3 heteroatoms. The van der Waals surface area contributed by atoms with E-state index < -0.39 is 0 Å². The van der Waals surface area contributed by atoms with Crippen LogP contribution in [0.1, 0.15) is 25.8 Å². The molecule has 1 aromatic carbocycles. The maximum Gasteiger partial charge on any atom is 0.0725 e. The van der Waals surface area contributed by atoms with Crippen molar-refractivity contribution in [3.05, 3.63) is 36.0 Å². The molecule has 2 rings (SSSR count). The largest absolute Gasteiger partial charge is 0.384 e. The van der Waals surface area contributed by atoms with Gasteiger partial charge in [-0.05, 0) is 37.6 Å². The van der Waals surface area contributed by atoms with E-state index in [2.05, 4.69) is 54.6 Å². The van der Waals surface area contributed by atoms with Crippen molar-refractivity contribution in [3.8, 4) is 0 Å². The number of nitrogens with zero attached hydrogens (tertiary/aromatic N) is 1. The summed E-state index contributed by atoms with van der Waals surface area (Å²) in [7, 11) is 0. The molecule has 0 unspecified atom stereocenters. The molecule has 1 aromatic heterocycles. The Hall–Kier alpha value is -1.61. The first kappa shape index (κ1) is 13.8. The molecule has 0 aliphatic carbocycles. The minimum atomic E-state index is 0.560. The number of aromatic nitrogens is 1. The molecule has 0 atom stereocenters. The van der Waals surface area contributed by atoms with E-state index in [1.54, 1.807) is 0 Å². The standard InChI is InChI=1S/C16H23N3/c1-12(2)17-8-4-9-18-15-7-10-19-16-11-13(3)5-6-14(15)16/h5-7,10-12,17H,4,8-9H2,1-3H3,(H,18,19). The van der Waals surface area contributed by atoms with Crippen LogP contribution in [0.3, 0.4) is 0 Å². The van der Waals surface area contributed by atoms with Gasteiger partial charge in [-0.3, -0.25) is 4.98 Å². The van der Waals surface area contributed by atoms with Crippen LogP contribution in [0.2, 0.25) is 0 Å². The van der Waals surface area contributed by atoms with Gasteiger partial charge in [0.1, 0.15) is 0 Å².